The first-order chi connectivity index (χ1) is 10.6. The Hall–Kier alpha value is -1.63. The molecule has 0 aromatic carbocycles. The predicted octanol–water partition coefficient (Wildman–Crippen LogP) is 1.93. The van der Waals surface area contributed by atoms with Crippen molar-refractivity contribution in [3.05, 3.63) is 0 Å². The summed E-state index contributed by atoms with van der Waals surface area (Å²) in [6.45, 7) is 8.90. The van der Waals surface area contributed by atoms with Crippen LogP contribution in [0.15, 0.2) is 0 Å². The molecule has 0 aromatic heterocycles. The van der Waals surface area contributed by atoms with Crippen LogP contribution in [-0.4, -0.2) is 35.3 Å². The second-order valence-corrected chi connectivity index (χ2v) is 6.38. The molecule has 23 heavy (non-hydrogen) atoms. The van der Waals surface area contributed by atoms with E-state index in [0.29, 0.717) is 12.8 Å². The van der Waals surface area contributed by atoms with Crippen LogP contribution in [0.4, 0.5) is 0 Å². The second-order valence-electron chi connectivity index (χ2n) is 6.38. The van der Waals surface area contributed by atoms with E-state index in [1.807, 2.05) is 13.8 Å². The molecule has 0 aliphatic rings. The first kappa shape index (κ1) is 21.4. The summed E-state index contributed by atoms with van der Waals surface area (Å²) in [4.78, 5) is 34.6. The Balaban J connectivity index is 4.80. The minimum atomic E-state index is -1.07. The maximum atomic E-state index is 12.1. The van der Waals surface area contributed by atoms with Crippen LogP contribution in [0.5, 0.6) is 0 Å². The third kappa shape index (κ3) is 8.54. The highest BCUT2D eigenvalue weighted by molar-refractivity contribution is 5.78. The van der Waals surface area contributed by atoms with E-state index < -0.39 is 36.2 Å². The molecule has 0 spiro atoms. The van der Waals surface area contributed by atoms with Crippen molar-refractivity contribution in [2.45, 2.75) is 66.2 Å². The predicted molar refractivity (Wildman–Crippen MR) is 84.3 cm³/mol. The number of carboxylic acid groups (broad SMARTS) is 1. The lowest BCUT2D eigenvalue weighted by Crippen LogP contribution is -2.43. The highest BCUT2D eigenvalue weighted by atomic mass is 16.7. The molecule has 0 rings (SSSR count). The summed E-state index contributed by atoms with van der Waals surface area (Å²) in [6.07, 6.45) is -0.430. The number of carbonyl (C=O) groups excluding carboxylic acids is 2. The van der Waals surface area contributed by atoms with Gasteiger partial charge >= 0.3 is 17.9 Å². The minimum absolute atomic E-state index is 0.193. The lowest BCUT2D eigenvalue weighted by atomic mass is 9.88. The zero-order valence-corrected chi connectivity index (χ0v) is 14.6. The van der Waals surface area contributed by atoms with Gasteiger partial charge in [0.1, 0.15) is 6.04 Å². The highest BCUT2D eigenvalue weighted by Crippen LogP contribution is 2.20. The van der Waals surface area contributed by atoms with Gasteiger partial charge in [-0.05, 0) is 18.3 Å². The van der Waals surface area contributed by atoms with E-state index in [9.17, 15) is 14.4 Å². The van der Waals surface area contributed by atoms with E-state index >= 15 is 0 Å². The SMILES string of the molecule is CCC(OC(=O)C(C)C)OC(=O)C(N)C(CC(=O)O)CC(C)C. The van der Waals surface area contributed by atoms with Crippen molar-refractivity contribution < 1.29 is 29.0 Å². The molecule has 0 aliphatic heterocycles. The first-order valence-electron chi connectivity index (χ1n) is 7.96. The molecule has 0 aromatic rings. The maximum Gasteiger partial charge on any atom is 0.326 e. The third-order valence-corrected chi connectivity index (χ3v) is 3.29. The maximum absolute atomic E-state index is 12.1. The van der Waals surface area contributed by atoms with Crippen LogP contribution < -0.4 is 5.73 Å². The number of carboxylic acids is 1. The second kappa shape index (κ2) is 10.2. The van der Waals surface area contributed by atoms with E-state index in [1.54, 1.807) is 20.8 Å². The number of rotatable bonds is 10. The fourth-order valence-electron chi connectivity index (χ4n) is 2.04. The van der Waals surface area contributed by atoms with Crippen LogP contribution in [0, 0.1) is 17.8 Å². The van der Waals surface area contributed by atoms with Gasteiger partial charge in [-0.2, -0.15) is 0 Å². The highest BCUT2D eigenvalue weighted by Gasteiger charge is 2.31. The van der Waals surface area contributed by atoms with Gasteiger partial charge in [0, 0.05) is 6.42 Å². The Morgan fingerprint density at radius 3 is 1.96 bits per heavy atom. The van der Waals surface area contributed by atoms with Gasteiger partial charge in [-0.1, -0.05) is 34.6 Å². The van der Waals surface area contributed by atoms with Crippen LogP contribution in [0.25, 0.3) is 0 Å². The molecule has 3 atom stereocenters. The molecule has 3 unspecified atom stereocenters. The van der Waals surface area contributed by atoms with Gasteiger partial charge in [-0.15, -0.1) is 0 Å². The van der Waals surface area contributed by atoms with Crippen molar-refractivity contribution >= 4 is 17.9 Å². The Labute approximate surface area is 137 Å². The van der Waals surface area contributed by atoms with Crippen molar-refractivity contribution in [2.75, 3.05) is 0 Å². The van der Waals surface area contributed by atoms with E-state index in [0.717, 1.165) is 0 Å². The molecule has 0 radical (unpaired) electrons. The molecule has 7 nitrogen and oxygen atoms in total. The van der Waals surface area contributed by atoms with Crippen LogP contribution in [0.2, 0.25) is 0 Å². The van der Waals surface area contributed by atoms with Crippen LogP contribution in [-0.2, 0) is 23.9 Å². The number of hydrogen-bond acceptors (Lipinski definition) is 6. The van der Waals surface area contributed by atoms with Gasteiger partial charge in [0.25, 0.3) is 0 Å². The lowest BCUT2D eigenvalue weighted by molar-refractivity contribution is -0.192. The smallest absolute Gasteiger partial charge is 0.326 e. The van der Waals surface area contributed by atoms with Gasteiger partial charge < -0.3 is 20.3 Å². The molecule has 0 fully saturated rings. The zero-order chi connectivity index (χ0) is 18.2. The van der Waals surface area contributed by atoms with Gasteiger partial charge in [0.2, 0.25) is 6.29 Å². The quantitative estimate of drug-likeness (QED) is 0.464. The van der Waals surface area contributed by atoms with Crippen LogP contribution in [0.3, 0.4) is 0 Å². The fourth-order valence-corrected chi connectivity index (χ4v) is 2.04. The van der Waals surface area contributed by atoms with Crippen molar-refractivity contribution in [3.8, 4) is 0 Å². The average Bonchev–Trinajstić information content (AvgIpc) is 2.43. The number of carbonyl (C=O) groups is 3. The molecule has 0 saturated carbocycles. The molecule has 0 aliphatic carbocycles. The monoisotopic (exact) mass is 331 g/mol. The van der Waals surface area contributed by atoms with Gasteiger partial charge in [0.15, 0.2) is 0 Å². The van der Waals surface area contributed by atoms with E-state index in [-0.39, 0.29) is 18.3 Å². The molecular weight excluding hydrogens is 302 g/mol. The largest absolute Gasteiger partial charge is 0.481 e. The summed E-state index contributed by atoms with van der Waals surface area (Å²) in [5.74, 6) is -2.91. The molecule has 0 bridgehead atoms. The Morgan fingerprint density at radius 1 is 1.04 bits per heavy atom. The number of nitrogens with two attached hydrogens (primary N) is 1. The van der Waals surface area contributed by atoms with E-state index in [1.165, 1.54) is 0 Å². The number of hydrogen-bond donors (Lipinski definition) is 2. The van der Waals surface area contributed by atoms with E-state index in [4.69, 9.17) is 20.3 Å². The molecule has 0 heterocycles. The molecule has 134 valence electrons. The van der Waals surface area contributed by atoms with Crippen molar-refractivity contribution in [3.63, 3.8) is 0 Å². The van der Waals surface area contributed by atoms with Crippen LogP contribution in [0.1, 0.15) is 53.9 Å². The topological polar surface area (TPSA) is 116 Å². The normalized spacial score (nSPS) is 15.1. The van der Waals surface area contributed by atoms with Crippen LogP contribution >= 0.6 is 0 Å². The summed E-state index contributed by atoms with van der Waals surface area (Å²) in [7, 11) is 0. The Kier molecular flexibility index (Phi) is 9.48. The fraction of sp³-hybridized carbons (Fsp3) is 0.812. The van der Waals surface area contributed by atoms with Gasteiger partial charge in [-0.3, -0.25) is 14.4 Å². The van der Waals surface area contributed by atoms with Gasteiger partial charge in [0.05, 0.1) is 12.3 Å². The first-order valence-corrected chi connectivity index (χ1v) is 7.96. The molecule has 0 saturated heterocycles. The van der Waals surface area contributed by atoms with Crippen molar-refractivity contribution in [1.82, 2.24) is 0 Å². The number of ether oxygens (including phenoxy) is 2. The lowest BCUT2D eigenvalue weighted by Gasteiger charge is -2.25. The number of aliphatic carboxylic acids is 1. The number of esters is 2. The molecule has 0 amide bonds. The van der Waals surface area contributed by atoms with Gasteiger partial charge in [-0.25, -0.2) is 0 Å². The Bertz CT molecular complexity index is 407. The van der Waals surface area contributed by atoms with E-state index in [2.05, 4.69) is 0 Å². The summed E-state index contributed by atoms with van der Waals surface area (Å²) < 4.78 is 10.2. The molecular formula is C16H29NO6. The van der Waals surface area contributed by atoms with Crippen molar-refractivity contribution in [1.29, 1.82) is 0 Å². The zero-order valence-electron chi connectivity index (χ0n) is 14.6. The summed E-state index contributed by atoms with van der Waals surface area (Å²) in [6, 6.07) is -1.07. The summed E-state index contributed by atoms with van der Waals surface area (Å²) >= 11 is 0. The standard InChI is InChI=1S/C16H29NO6/c1-6-13(22-15(20)10(4)5)23-16(21)14(17)11(7-9(2)3)8-12(18)19/h9-11,13-14H,6-8,17H2,1-5H3,(H,18,19). The third-order valence-electron chi connectivity index (χ3n) is 3.29. The molecule has 7 heteroatoms. The van der Waals surface area contributed by atoms with Crippen molar-refractivity contribution in [2.24, 2.45) is 23.5 Å². The summed E-state index contributed by atoms with van der Waals surface area (Å²) in [5, 5.41) is 8.96. The molecule has 3 N–H and O–H groups in total. The Morgan fingerprint density at radius 2 is 1.57 bits per heavy atom. The minimum Gasteiger partial charge on any atom is -0.481 e. The average molecular weight is 331 g/mol. The summed E-state index contributed by atoms with van der Waals surface area (Å²) in [5.41, 5.74) is 5.87.